The molecule has 5 heteroatoms. The van der Waals surface area contributed by atoms with Gasteiger partial charge in [0.1, 0.15) is 6.61 Å². The van der Waals surface area contributed by atoms with Gasteiger partial charge in [0.05, 0.1) is 6.61 Å². The lowest BCUT2D eigenvalue weighted by Gasteiger charge is -2.15. The monoisotopic (exact) mass is 793 g/mol. The van der Waals surface area contributed by atoms with Crippen LogP contribution in [0, 0.1) is 0 Å². The average molecular weight is 793 g/mol. The van der Waals surface area contributed by atoms with Gasteiger partial charge in [-0.3, -0.25) is 9.59 Å². The Balaban J connectivity index is 3.42. The zero-order valence-electron chi connectivity index (χ0n) is 38.2. The van der Waals surface area contributed by atoms with Gasteiger partial charge < -0.3 is 14.6 Å². The van der Waals surface area contributed by atoms with Crippen LogP contribution in [0.1, 0.15) is 296 Å². The highest BCUT2D eigenvalue weighted by atomic mass is 16.6. The van der Waals surface area contributed by atoms with Crippen LogP contribution in [0.15, 0.2) is 0 Å². The Bertz CT molecular complexity index is 769. The molecule has 0 aliphatic rings. The SMILES string of the molecule is CCCCCCCCCCCCCCCCCCCCCCCCCC(=O)O[C@@H](CO)COC(=O)CCCCCCCCCCCCCCCCCCCCC. The molecule has 1 N–H and O–H groups in total. The van der Waals surface area contributed by atoms with E-state index in [1.54, 1.807) is 0 Å². The number of aliphatic hydroxyl groups is 1. The quantitative estimate of drug-likeness (QED) is 0.0491. The summed E-state index contributed by atoms with van der Waals surface area (Å²) in [7, 11) is 0. The summed E-state index contributed by atoms with van der Waals surface area (Å²) in [6.07, 6.45) is 56.3. The number of esters is 2. The fourth-order valence-corrected chi connectivity index (χ4v) is 8.03. The van der Waals surface area contributed by atoms with Crippen LogP contribution in [0.4, 0.5) is 0 Å². The first-order chi connectivity index (χ1) is 27.6. The summed E-state index contributed by atoms with van der Waals surface area (Å²) in [5, 5.41) is 9.62. The van der Waals surface area contributed by atoms with Crippen molar-refractivity contribution in [3.63, 3.8) is 0 Å². The molecule has 0 fully saturated rings. The summed E-state index contributed by atoms with van der Waals surface area (Å²) in [6.45, 7) is 4.20. The van der Waals surface area contributed by atoms with E-state index in [1.165, 1.54) is 238 Å². The Kier molecular flexibility index (Phi) is 47.3. The largest absolute Gasteiger partial charge is 0.462 e. The van der Waals surface area contributed by atoms with Crippen molar-refractivity contribution in [3.8, 4) is 0 Å². The van der Waals surface area contributed by atoms with E-state index in [0.717, 1.165) is 32.1 Å². The Morgan fingerprint density at radius 1 is 0.339 bits per heavy atom. The van der Waals surface area contributed by atoms with E-state index >= 15 is 0 Å². The van der Waals surface area contributed by atoms with Crippen molar-refractivity contribution in [2.24, 2.45) is 0 Å². The van der Waals surface area contributed by atoms with Crippen LogP contribution in [0.25, 0.3) is 0 Å². The van der Waals surface area contributed by atoms with Gasteiger partial charge in [0, 0.05) is 12.8 Å². The molecule has 0 rings (SSSR count). The molecule has 0 unspecified atom stereocenters. The highest BCUT2D eigenvalue weighted by molar-refractivity contribution is 5.70. The van der Waals surface area contributed by atoms with Crippen LogP contribution in [-0.2, 0) is 19.1 Å². The van der Waals surface area contributed by atoms with Gasteiger partial charge in [0.25, 0.3) is 0 Å². The van der Waals surface area contributed by atoms with Crippen molar-refractivity contribution in [1.29, 1.82) is 0 Å². The van der Waals surface area contributed by atoms with Crippen LogP contribution in [0.3, 0.4) is 0 Å². The molecule has 0 saturated carbocycles. The highest BCUT2D eigenvalue weighted by Gasteiger charge is 2.16. The lowest BCUT2D eigenvalue weighted by molar-refractivity contribution is -0.161. The van der Waals surface area contributed by atoms with Gasteiger partial charge >= 0.3 is 11.9 Å². The predicted molar refractivity (Wildman–Crippen MR) is 242 cm³/mol. The van der Waals surface area contributed by atoms with Gasteiger partial charge in [-0.25, -0.2) is 0 Å². The van der Waals surface area contributed by atoms with Gasteiger partial charge in [-0.2, -0.15) is 0 Å². The molecule has 0 aromatic carbocycles. The maximum absolute atomic E-state index is 12.3. The van der Waals surface area contributed by atoms with Crippen molar-refractivity contribution in [1.82, 2.24) is 0 Å². The third-order valence-electron chi connectivity index (χ3n) is 11.9. The Morgan fingerprint density at radius 3 is 0.786 bits per heavy atom. The van der Waals surface area contributed by atoms with Crippen molar-refractivity contribution in [2.45, 2.75) is 302 Å². The van der Waals surface area contributed by atoms with E-state index in [9.17, 15) is 14.7 Å². The Labute approximate surface area is 350 Å². The minimum absolute atomic E-state index is 0.0560. The number of hydrogen-bond acceptors (Lipinski definition) is 5. The molecule has 1 atom stereocenters. The van der Waals surface area contributed by atoms with Crippen LogP contribution >= 0.6 is 0 Å². The molecular weight excluding hydrogens is 693 g/mol. The lowest BCUT2D eigenvalue weighted by Crippen LogP contribution is -2.28. The first-order valence-electron chi connectivity index (χ1n) is 25.6. The molecule has 0 aromatic rings. The molecule has 334 valence electrons. The predicted octanol–water partition coefficient (Wildman–Crippen LogP) is 16.6. The van der Waals surface area contributed by atoms with E-state index in [-0.39, 0.29) is 25.2 Å². The topological polar surface area (TPSA) is 72.8 Å². The van der Waals surface area contributed by atoms with Crippen molar-refractivity contribution >= 4 is 11.9 Å². The summed E-state index contributed by atoms with van der Waals surface area (Å²) in [5.74, 6) is -0.566. The number of carbonyl (C=O) groups is 2. The molecule has 0 spiro atoms. The van der Waals surface area contributed by atoms with E-state index < -0.39 is 6.10 Å². The molecule has 0 radical (unpaired) electrons. The maximum Gasteiger partial charge on any atom is 0.306 e. The first kappa shape index (κ1) is 54.9. The molecule has 0 heterocycles. The minimum Gasteiger partial charge on any atom is -0.462 e. The molecule has 0 saturated heterocycles. The molecule has 0 aliphatic carbocycles. The molecule has 0 aliphatic heterocycles. The molecule has 5 nitrogen and oxygen atoms in total. The van der Waals surface area contributed by atoms with Crippen LogP contribution in [0.5, 0.6) is 0 Å². The molecule has 0 aromatic heterocycles. The number of unbranched alkanes of at least 4 members (excludes halogenated alkanes) is 40. The van der Waals surface area contributed by atoms with Gasteiger partial charge in [0.15, 0.2) is 6.10 Å². The van der Waals surface area contributed by atoms with E-state index in [1.807, 2.05) is 0 Å². The molecule has 0 bridgehead atoms. The summed E-state index contributed by atoms with van der Waals surface area (Å²) in [4.78, 5) is 24.4. The summed E-state index contributed by atoms with van der Waals surface area (Å²) < 4.78 is 10.7. The normalized spacial score (nSPS) is 12.0. The number of rotatable bonds is 48. The average Bonchev–Trinajstić information content (AvgIpc) is 3.20. The number of carbonyl (C=O) groups excluding carboxylic acids is 2. The van der Waals surface area contributed by atoms with E-state index in [4.69, 9.17) is 9.47 Å². The van der Waals surface area contributed by atoms with E-state index in [2.05, 4.69) is 13.8 Å². The number of aliphatic hydroxyl groups excluding tert-OH is 1. The molecular formula is C51H100O5. The number of ether oxygens (including phenoxy) is 2. The van der Waals surface area contributed by atoms with Crippen LogP contribution in [0.2, 0.25) is 0 Å². The summed E-state index contributed by atoms with van der Waals surface area (Å²) in [6, 6.07) is 0. The first-order valence-corrected chi connectivity index (χ1v) is 25.6. The smallest absolute Gasteiger partial charge is 0.306 e. The molecule has 56 heavy (non-hydrogen) atoms. The maximum atomic E-state index is 12.3. The third-order valence-corrected chi connectivity index (χ3v) is 11.9. The second-order valence-electron chi connectivity index (χ2n) is 17.6. The number of hydrogen-bond donors (Lipinski definition) is 1. The second kappa shape index (κ2) is 48.3. The highest BCUT2D eigenvalue weighted by Crippen LogP contribution is 2.17. The van der Waals surface area contributed by atoms with Crippen LogP contribution < -0.4 is 0 Å². The second-order valence-corrected chi connectivity index (χ2v) is 17.6. The van der Waals surface area contributed by atoms with Gasteiger partial charge in [0.2, 0.25) is 0 Å². The van der Waals surface area contributed by atoms with Gasteiger partial charge in [-0.05, 0) is 12.8 Å². The lowest BCUT2D eigenvalue weighted by atomic mass is 10.0. The minimum atomic E-state index is -0.763. The van der Waals surface area contributed by atoms with E-state index in [0.29, 0.717) is 12.8 Å². The zero-order valence-corrected chi connectivity index (χ0v) is 38.2. The standard InChI is InChI=1S/C51H100O5/c1-3-5-7-9-11-13-15-17-19-21-23-24-25-26-28-30-32-34-36-38-40-42-44-46-51(54)56-49(47-52)48-55-50(53)45-43-41-39-37-35-33-31-29-27-22-20-18-16-14-12-10-8-6-4-2/h49,52H,3-48H2,1-2H3/t49-/m0/s1. The Morgan fingerprint density at radius 2 is 0.554 bits per heavy atom. The van der Waals surface area contributed by atoms with Gasteiger partial charge in [-0.1, -0.05) is 271 Å². The van der Waals surface area contributed by atoms with Crippen molar-refractivity contribution in [2.75, 3.05) is 13.2 Å². The Hall–Kier alpha value is -1.10. The van der Waals surface area contributed by atoms with Crippen molar-refractivity contribution in [3.05, 3.63) is 0 Å². The van der Waals surface area contributed by atoms with Crippen LogP contribution in [-0.4, -0.2) is 36.4 Å². The summed E-state index contributed by atoms with van der Waals surface area (Å²) >= 11 is 0. The molecule has 0 amide bonds. The van der Waals surface area contributed by atoms with Crippen molar-refractivity contribution < 1.29 is 24.2 Å². The van der Waals surface area contributed by atoms with Gasteiger partial charge in [-0.15, -0.1) is 0 Å². The zero-order chi connectivity index (χ0) is 40.7. The fraction of sp³-hybridized carbons (Fsp3) is 0.961. The third kappa shape index (κ3) is 45.6. The fourth-order valence-electron chi connectivity index (χ4n) is 8.03. The summed E-state index contributed by atoms with van der Waals surface area (Å²) in [5.41, 5.74) is 0.